The summed E-state index contributed by atoms with van der Waals surface area (Å²) < 4.78 is 0. The van der Waals surface area contributed by atoms with Gasteiger partial charge in [0.25, 0.3) is 0 Å². The van der Waals surface area contributed by atoms with Crippen molar-refractivity contribution in [2.24, 2.45) is 5.92 Å². The number of nitrogens with zero attached hydrogens (tertiary/aromatic N) is 2. The SMILES string of the molecule is CC(C)(C)N1CC(C(=O)NCC2(N3CCCCC3)CCCCC2)CC1=O. The first kappa shape index (κ1) is 19.7. The molecule has 2 heterocycles. The lowest BCUT2D eigenvalue weighted by Crippen LogP contribution is -2.58. The van der Waals surface area contributed by atoms with E-state index in [9.17, 15) is 9.59 Å². The second-order valence-corrected chi connectivity index (χ2v) is 9.63. The zero-order valence-corrected chi connectivity index (χ0v) is 17.0. The Balaban J connectivity index is 1.60. The van der Waals surface area contributed by atoms with Gasteiger partial charge in [0.05, 0.1) is 5.92 Å². The van der Waals surface area contributed by atoms with Gasteiger partial charge in [-0.1, -0.05) is 25.7 Å². The number of hydrogen-bond donors (Lipinski definition) is 1. The maximum absolute atomic E-state index is 12.8. The first-order chi connectivity index (χ1) is 12.3. The van der Waals surface area contributed by atoms with Crippen LogP contribution in [-0.2, 0) is 9.59 Å². The van der Waals surface area contributed by atoms with Crippen LogP contribution in [0.1, 0.15) is 78.6 Å². The van der Waals surface area contributed by atoms with E-state index in [1.807, 2.05) is 25.7 Å². The van der Waals surface area contributed by atoms with Crippen LogP contribution in [0.4, 0.5) is 0 Å². The molecule has 3 aliphatic rings. The number of nitrogens with one attached hydrogen (secondary N) is 1. The molecule has 5 heteroatoms. The van der Waals surface area contributed by atoms with Crippen LogP contribution in [-0.4, -0.2) is 58.9 Å². The molecule has 26 heavy (non-hydrogen) atoms. The molecule has 2 amide bonds. The van der Waals surface area contributed by atoms with Crippen molar-refractivity contribution in [2.75, 3.05) is 26.2 Å². The molecule has 148 valence electrons. The number of carbonyl (C=O) groups is 2. The number of hydrogen-bond acceptors (Lipinski definition) is 3. The highest BCUT2D eigenvalue weighted by molar-refractivity contribution is 5.89. The van der Waals surface area contributed by atoms with E-state index in [0.29, 0.717) is 13.0 Å². The zero-order chi connectivity index (χ0) is 18.8. The lowest BCUT2D eigenvalue weighted by atomic mass is 9.79. The molecule has 1 unspecified atom stereocenters. The van der Waals surface area contributed by atoms with E-state index in [0.717, 1.165) is 6.54 Å². The second kappa shape index (κ2) is 7.87. The van der Waals surface area contributed by atoms with E-state index in [1.165, 1.54) is 64.5 Å². The van der Waals surface area contributed by atoms with Gasteiger partial charge in [-0.05, 0) is 59.5 Å². The average Bonchev–Trinajstić information content (AvgIpc) is 3.03. The molecule has 2 saturated heterocycles. The maximum atomic E-state index is 12.8. The molecule has 1 saturated carbocycles. The Hall–Kier alpha value is -1.10. The molecule has 2 aliphatic heterocycles. The molecule has 3 fully saturated rings. The van der Waals surface area contributed by atoms with Crippen LogP contribution in [0.15, 0.2) is 0 Å². The quantitative estimate of drug-likeness (QED) is 0.835. The van der Waals surface area contributed by atoms with E-state index >= 15 is 0 Å². The average molecular weight is 364 g/mol. The highest BCUT2D eigenvalue weighted by Crippen LogP contribution is 2.35. The van der Waals surface area contributed by atoms with Crippen LogP contribution in [0, 0.1) is 5.92 Å². The van der Waals surface area contributed by atoms with Crippen LogP contribution < -0.4 is 5.32 Å². The number of likely N-dealkylation sites (tertiary alicyclic amines) is 2. The minimum atomic E-state index is -0.204. The van der Waals surface area contributed by atoms with E-state index < -0.39 is 0 Å². The fourth-order valence-corrected chi connectivity index (χ4v) is 5.11. The Kier molecular flexibility index (Phi) is 5.95. The summed E-state index contributed by atoms with van der Waals surface area (Å²) in [6.45, 7) is 9.79. The van der Waals surface area contributed by atoms with Crippen LogP contribution in [0.3, 0.4) is 0 Å². The molecule has 0 aromatic heterocycles. The van der Waals surface area contributed by atoms with Crippen LogP contribution >= 0.6 is 0 Å². The van der Waals surface area contributed by atoms with E-state index in [1.54, 1.807) is 0 Å². The fourth-order valence-electron chi connectivity index (χ4n) is 5.11. The Morgan fingerprint density at radius 1 is 1.08 bits per heavy atom. The van der Waals surface area contributed by atoms with Gasteiger partial charge in [-0.3, -0.25) is 14.5 Å². The fraction of sp³-hybridized carbons (Fsp3) is 0.905. The van der Waals surface area contributed by atoms with Gasteiger partial charge < -0.3 is 10.2 Å². The third-order valence-electron chi connectivity index (χ3n) is 6.71. The van der Waals surface area contributed by atoms with Gasteiger partial charge in [0.2, 0.25) is 11.8 Å². The summed E-state index contributed by atoms with van der Waals surface area (Å²) in [7, 11) is 0. The molecule has 3 rings (SSSR count). The van der Waals surface area contributed by atoms with Crippen molar-refractivity contribution < 1.29 is 9.59 Å². The summed E-state index contributed by atoms with van der Waals surface area (Å²) >= 11 is 0. The second-order valence-electron chi connectivity index (χ2n) is 9.63. The van der Waals surface area contributed by atoms with Gasteiger partial charge in [-0.25, -0.2) is 0 Å². The van der Waals surface area contributed by atoms with E-state index in [2.05, 4.69) is 10.2 Å². The van der Waals surface area contributed by atoms with Crippen LogP contribution in [0.25, 0.3) is 0 Å². The van der Waals surface area contributed by atoms with Crippen molar-refractivity contribution in [3.8, 4) is 0 Å². The van der Waals surface area contributed by atoms with Gasteiger partial charge in [0.1, 0.15) is 0 Å². The molecule has 1 N–H and O–H groups in total. The van der Waals surface area contributed by atoms with Crippen LogP contribution in [0.5, 0.6) is 0 Å². The van der Waals surface area contributed by atoms with Gasteiger partial charge in [-0.15, -0.1) is 0 Å². The third kappa shape index (κ3) is 4.24. The predicted octanol–water partition coefficient (Wildman–Crippen LogP) is 2.94. The third-order valence-corrected chi connectivity index (χ3v) is 6.71. The van der Waals surface area contributed by atoms with Crippen molar-refractivity contribution in [2.45, 2.75) is 89.6 Å². The normalized spacial score (nSPS) is 27.6. The summed E-state index contributed by atoms with van der Waals surface area (Å²) in [5.74, 6) is -0.00293. The highest BCUT2D eigenvalue weighted by atomic mass is 16.2. The minimum absolute atomic E-state index is 0.0760. The number of piperidine rings is 1. The topological polar surface area (TPSA) is 52.7 Å². The molecular weight excluding hydrogens is 326 g/mol. The Morgan fingerprint density at radius 2 is 1.69 bits per heavy atom. The van der Waals surface area contributed by atoms with Crippen molar-refractivity contribution >= 4 is 11.8 Å². The first-order valence-corrected chi connectivity index (χ1v) is 10.7. The van der Waals surface area contributed by atoms with E-state index in [4.69, 9.17) is 0 Å². The molecule has 1 aliphatic carbocycles. The smallest absolute Gasteiger partial charge is 0.225 e. The zero-order valence-electron chi connectivity index (χ0n) is 17.0. The lowest BCUT2D eigenvalue weighted by molar-refractivity contribution is -0.132. The summed E-state index contributed by atoms with van der Waals surface area (Å²) in [5.41, 5.74) is -0.0504. The molecule has 0 spiro atoms. The van der Waals surface area contributed by atoms with Crippen molar-refractivity contribution in [1.82, 2.24) is 15.1 Å². The van der Waals surface area contributed by atoms with Crippen molar-refractivity contribution in [3.05, 3.63) is 0 Å². The predicted molar refractivity (Wildman–Crippen MR) is 104 cm³/mol. The van der Waals surface area contributed by atoms with Gasteiger partial charge in [0.15, 0.2) is 0 Å². The van der Waals surface area contributed by atoms with Gasteiger partial charge in [0, 0.05) is 30.6 Å². The monoisotopic (exact) mass is 363 g/mol. The molecule has 0 radical (unpaired) electrons. The number of carbonyl (C=O) groups excluding carboxylic acids is 2. The Labute approximate surface area is 158 Å². The summed E-state index contributed by atoms with van der Waals surface area (Å²) in [6, 6.07) is 0. The lowest BCUT2D eigenvalue weighted by Gasteiger charge is -2.48. The Bertz CT molecular complexity index is 514. The highest BCUT2D eigenvalue weighted by Gasteiger charge is 2.42. The van der Waals surface area contributed by atoms with Crippen LogP contribution in [0.2, 0.25) is 0 Å². The Morgan fingerprint density at radius 3 is 2.27 bits per heavy atom. The van der Waals surface area contributed by atoms with Crippen molar-refractivity contribution in [3.63, 3.8) is 0 Å². The summed E-state index contributed by atoms with van der Waals surface area (Å²) in [4.78, 5) is 29.6. The van der Waals surface area contributed by atoms with Gasteiger partial charge >= 0.3 is 0 Å². The molecule has 0 aromatic carbocycles. The summed E-state index contributed by atoms with van der Waals surface area (Å²) in [6.07, 6.45) is 10.5. The molecule has 1 atom stereocenters. The first-order valence-electron chi connectivity index (χ1n) is 10.7. The maximum Gasteiger partial charge on any atom is 0.225 e. The molecular formula is C21H37N3O2. The number of rotatable bonds is 4. The standard InChI is InChI=1S/C21H37N3O2/c1-20(2,3)24-15-17(14-18(24)25)19(26)22-16-21(10-6-4-7-11-21)23-12-8-5-9-13-23/h17H,4-16H2,1-3H3,(H,22,26). The van der Waals surface area contributed by atoms with Crippen molar-refractivity contribution in [1.29, 1.82) is 0 Å². The minimum Gasteiger partial charge on any atom is -0.354 e. The number of amides is 2. The molecule has 0 aromatic rings. The molecule has 0 bridgehead atoms. The largest absolute Gasteiger partial charge is 0.354 e. The molecule has 5 nitrogen and oxygen atoms in total. The van der Waals surface area contributed by atoms with E-state index in [-0.39, 0.29) is 28.8 Å². The van der Waals surface area contributed by atoms with Gasteiger partial charge in [-0.2, -0.15) is 0 Å². The summed E-state index contributed by atoms with van der Waals surface area (Å²) in [5, 5.41) is 3.27.